The molecule has 1 saturated heterocycles. The van der Waals surface area contributed by atoms with Crippen molar-refractivity contribution in [3.8, 4) is 5.75 Å². The molecule has 1 aliphatic heterocycles. The van der Waals surface area contributed by atoms with Crippen LogP contribution in [0, 0.1) is 11.8 Å². The highest BCUT2D eigenvalue weighted by Crippen LogP contribution is 2.55. The van der Waals surface area contributed by atoms with Gasteiger partial charge in [0.1, 0.15) is 5.75 Å². The topological polar surface area (TPSA) is 46.6 Å². The molecule has 1 heterocycles. The Balaban J connectivity index is 1.15. The molecular formula is C30H41NO3S. The maximum absolute atomic E-state index is 11.6. The summed E-state index contributed by atoms with van der Waals surface area (Å²) in [5.74, 6) is 2.43. The van der Waals surface area contributed by atoms with E-state index in [1.54, 1.807) is 35.4 Å². The molecular weight excluding hydrogens is 454 g/mol. The lowest BCUT2D eigenvalue weighted by atomic mass is 9.54. The minimum absolute atomic E-state index is 0.337. The Morgan fingerprint density at radius 2 is 1.60 bits per heavy atom. The first-order valence-corrected chi connectivity index (χ1v) is 15.6. The molecule has 0 N–H and O–H groups in total. The minimum Gasteiger partial charge on any atom is -0.494 e. The number of ether oxygens (including phenoxy) is 1. The van der Waals surface area contributed by atoms with Crippen LogP contribution in [0.1, 0.15) is 68.9 Å². The molecule has 0 amide bonds. The van der Waals surface area contributed by atoms with Crippen molar-refractivity contribution in [2.24, 2.45) is 11.8 Å². The van der Waals surface area contributed by atoms with Gasteiger partial charge in [-0.3, -0.25) is 0 Å². The number of fused-ring (bicyclic) bond motifs is 1. The van der Waals surface area contributed by atoms with E-state index in [2.05, 4.69) is 29.2 Å². The highest BCUT2D eigenvalue weighted by atomic mass is 32.2. The van der Waals surface area contributed by atoms with E-state index < -0.39 is 9.84 Å². The van der Waals surface area contributed by atoms with Gasteiger partial charge in [-0.25, -0.2) is 8.42 Å². The first-order chi connectivity index (χ1) is 17.0. The van der Waals surface area contributed by atoms with Crippen LogP contribution in [0.4, 0.5) is 0 Å². The molecule has 35 heavy (non-hydrogen) atoms. The van der Waals surface area contributed by atoms with Gasteiger partial charge in [0.2, 0.25) is 0 Å². The fourth-order valence-corrected chi connectivity index (χ4v) is 8.08. The number of rotatable bonds is 8. The number of sulfone groups is 1. The highest BCUT2D eigenvalue weighted by Gasteiger charge is 2.49. The number of hydrogen-bond acceptors (Lipinski definition) is 4. The van der Waals surface area contributed by atoms with Crippen LogP contribution in [0.15, 0.2) is 53.4 Å². The van der Waals surface area contributed by atoms with Crippen LogP contribution in [-0.2, 0) is 21.7 Å². The van der Waals surface area contributed by atoms with Gasteiger partial charge in [-0.05, 0) is 112 Å². The zero-order valence-corrected chi connectivity index (χ0v) is 22.1. The molecule has 1 atom stereocenters. The van der Waals surface area contributed by atoms with E-state index in [-0.39, 0.29) is 0 Å². The number of benzene rings is 2. The van der Waals surface area contributed by atoms with E-state index in [0.29, 0.717) is 16.9 Å². The zero-order valence-electron chi connectivity index (χ0n) is 21.3. The third kappa shape index (κ3) is 5.32. The Morgan fingerprint density at radius 1 is 0.914 bits per heavy atom. The van der Waals surface area contributed by atoms with Crippen LogP contribution < -0.4 is 4.74 Å². The molecule has 5 rings (SSSR count). The van der Waals surface area contributed by atoms with Gasteiger partial charge in [-0.15, -0.1) is 0 Å². The molecule has 0 aromatic heterocycles. The molecule has 2 fully saturated rings. The lowest BCUT2D eigenvalue weighted by Gasteiger charge is -2.52. The number of piperidine rings is 1. The average molecular weight is 496 g/mol. The van der Waals surface area contributed by atoms with Crippen molar-refractivity contribution in [3.63, 3.8) is 0 Å². The molecule has 2 aromatic carbocycles. The molecule has 0 bridgehead atoms. The van der Waals surface area contributed by atoms with Gasteiger partial charge in [0.25, 0.3) is 0 Å². The van der Waals surface area contributed by atoms with Crippen molar-refractivity contribution < 1.29 is 13.2 Å². The Labute approximate surface area is 212 Å². The summed E-state index contributed by atoms with van der Waals surface area (Å²) >= 11 is 0. The summed E-state index contributed by atoms with van der Waals surface area (Å²) in [6, 6.07) is 16.2. The molecule has 3 aliphatic rings. The normalized spacial score (nSPS) is 24.4. The van der Waals surface area contributed by atoms with Crippen LogP contribution >= 0.6 is 0 Å². The smallest absolute Gasteiger partial charge is 0.175 e. The third-order valence-corrected chi connectivity index (χ3v) is 10.2. The van der Waals surface area contributed by atoms with Crippen LogP contribution in [0.25, 0.3) is 0 Å². The maximum atomic E-state index is 11.6. The van der Waals surface area contributed by atoms with E-state index in [0.717, 1.165) is 30.6 Å². The molecule has 2 aromatic rings. The van der Waals surface area contributed by atoms with Crippen molar-refractivity contribution in [1.29, 1.82) is 0 Å². The Bertz CT molecular complexity index is 1080. The predicted octanol–water partition coefficient (Wildman–Crippen LogP) is 6.04. The third-order valence-electron chi connectivity index (χ3n) is 9.09. The molecule has 5 heteroatoms. The highest BCUT2D eigenvalue weighted by molar-refractivity contribution is 7.90. The van der Waals surface area contributed by atoms with Gasteiger partial charge in [0, 0.05) is 18.2 Å². The lowest BCUT2D eigenvalue weighted by Crippen LogP contribution is -2.49. The fraction of sp³-hybridized carbons (Fsp3) is 0.600. The van der Waals surface area contributed by atoms with Gasteiger partial charge in [-0.2, -0.15) is 0 Å². The van der Waals surface area contributed by atoms with Gasteiger partial charge in [0.05, 0.1) is 11.5 Å². The molecule has 0 radical (unpaired) electrons. The minimum atomic E-state index is -3.16. The molecule has 4 nitrogen and oxygen atoms in total. The van der Waals surface area contributed by atoms with Crippen LogP contribution in [0.2, 0.25) is 0 Å². The summed E-state index contributed by atoms with van der Waals surface area (Å²) in [4.78, 5) is 2.97. The monoisotopic (exact) mass is 495 g/mol. The van der Waals surface area contributed by atoms with Gasteiger partial charge in [0.15, 0.2) is 9.84 Å². The quantitative estimate of drug-likeness (QED) is 0.419. The zero-order chi connectivity index (χ0) is 24.3. The Morgan fingerprint density at radius 3 is 2.31 bits per heavy atom. The standard InChI is InChI=1S/C30H41NO3S/c1-35(32,33)28-15-13-27(14-16-28)34-23-7-20-31-21-17-26(18-22-31)30(25-10-3-4-11-25)19-6-9-24-8-2-5-12-29(24)30/h2,5,8,12-16,25-26H,3-4,6-7,9-11,17-23H2,1H3. The van der Waals surface area contributed by atoms with E-state index in [4.69, 9.17) is 4.74 Å². The van der Waals surface area contributed by atoms with Crippen molar-refractivity contribution in [3.05, 3.63) is 59.7 Å². The van der Waals surface area contributed by atoms with E-state index >= 15 is 0 Å². The summed E-state index contributed by atoms with van der Waals surface area (Å²) in [6.07, 6.45) is 14.6. The van der Waals surface area contributed by atoms with Crippen LogP contribution in [0.3, 0.4) is 0 Å². The first-order valence-electron chi connectivity index (χ1n) is 13.7. The first kappa shape index (κ1) is 24.8. The molecule has 2 aliphatic carbocycles. The molecule has 1 unspecified atom stereocenters. The fourth-order valence-electron chi connectivity index (χ4n) is 7.45. The van der Waals surface area contributed by atoms with Crippen LogP contribution in [-0.4, -0.2) is 45.8 Å². The summed E-state index contributed by atoms with van der Waals surface area (Å²) in [6.45, 7) is 4.13. The lowest BCUT2D eigenvalue weighted by molar-refractivity contribution is 0.0712. The SMILES string of the molecule is CS(=O)(=O)c1ccc(OCCCN2CCC(C3(C4CCCC4)CCCc4ccccc43)CC2)cc1. The molecule has 0 spiro atoms. The second-order valence-corrected chi connectivity index (χ2v) is 13.1. The number of nitrogens with zero attached hydrogens (tertiary/aromatic N) is 1. The summed E-state index contributed by atoms with van der Waals surface area (Å²) in [7, 11) is -3.16. The van der Waals surface area contributed by atoms with Crippen molar-refractivity contribution >= 4 is 9.84 Å². The Kier molecular flexibility index (Phi) is 7.55. The summed E-state index contributed by atoms with van der Waals surface area (Å²) in [5, 5.41) is 0. The van der Waals surface area contributed by atoms with Crippen molar-refractivity contribution in [2.45, 2.75) is 74.5 Å². The number of hydrogen-bond donors (Lipinski definition) is 0. The van der Waals surface area contributed by atoms with Gasteiger partial charge in [-0.1, -0.05) is 37.1 Å². The second kappa shape index (κ2) is 10.6. The summed E-state index contributed by atoms with van der Waals surface area (Å²) < 4.78 is 29.1. The average Bonchev–Trinajstić information content (AvgIpc) is 3.42. The molecule has 190 valence electrons. The van der Waals surface area contributed by atoms with Crippen molar-refractivity contribution in [1.82, 2.24) is 4.90 Å². The maximum Gasteiger partial charge on any atom is 0.175 e. The summed E-state index contributed by atoms with van der Waals surface area (Å²) in [5.41, 5.74) is 3.76. The largest absolute Gasteiger partial charge is 0.494 e. The second-order valence-electron chi connectivity index (χ2n) is 11.1. The van der Waals surface area contributed by atoms with Crippen LogP contribution in [0.5, 0.6) is 5.75 Å². The van der Waals surface area contributed by atoms with Gasteiger partial charge >= 0.3 is 0 Å². The number of likely N-dealkylation sites (tertiary alicyclic amines) is 1. The van der Waals surface area contributed by atoms with E-state index in [1.165, 1.54) is 77.1 Å². The van der Waals surface area contributed by atoms with E-state index in [9.17, 15) is 8.42 Å². The Hall–Kier alpha value is -1.85. The predicted molar refractivity (Wildman–Crippen MR) is 142 cm³/mol. The number of aryl methyl sites for hydroxylation is 1. The molecule has 1 saturated carbocycles. The van der Waals surface area contributed by atoms with Crippen molar-refractivity contribution in [2.75, 3.05) is 32.5 Å². The van der Waals surface area contributed by atoms with E-state index in [1.807, 2.05) is 0 Å². The van der Waals surface area contributed by atoms with Gasteiger partial charge < -0.3 is 9.64 Å².